The average molecular weight is 502 g/mol. The molecule has 1 aliphatic rings. The largest absolute Gasteiger partial charge is 0.373 e. The van der Waals surface area contributed by atoms with Crippen molar-refractivity contribution < 1.29 is 18.4 Å². The van der Waals surface area contributed by atoms with Crippen LogP contribution in [0.15, 0.2) is 25.0 Å². The number of aryl methyl sites for hydroxylation is 1. The molecule has 4 rings (SSSR count). The number of rotatable bonds is 5. The van der Waals surface area contributed by atoms with E-state index in [-0.39, 0.29) is 53.3 Å². The van der Waals surface area contributed by atoms with E-state index in [1.165, 1.54) is 23.0 Å². The van der Waals surface area contributed by atoms with E-state index in [2.05, 4.69) is 33.8 Å². The van der Waals surface area contributed by atoms with Crippen LogP contribution in [-0.2, 0) is 11.3 Å². The zero-order valence-corrected chi connectivity index (χ0v) is 20.2. The minimum atomic E-state index is -1.11. The van der Waals surface area contributed by atoms with E-state index in [4.69, 9.17) is 5.73 Å². The van der Waals surface area contributed by atoms with E-state index in [0.29, 0.717) is 31.9 Å². The van der Waals surface area contributed by atoms with Crippen LogP contribution in [0.5, 0.6) is 0 Å². The van der Waals surface area contributed by atoms with E-state index in [1.54, 1.807) is 23.6 Å². The quantitative estimate of drug-likeness (QED) is 0.411. The van der Waals surface area contributed by atoms with Gasteiger partial charge in [-0.1, -0.05) is 12.5 Å². The minimum Gasteiger partial charge on any atom is -0.373 e. The number of halogens is 2. The Hall–Kier alpha value is -3.85. The van der Waals surface area contributed by atoms with Gasteiger partial charge in [-0.25, -0.2) is 18.4 Å². The molecule has 9 nitrogen and oxygen atoms in total. The number of nitrogens with two attached hydrogens (primary N) is 1. The van der Waals surface area contributed by atoms with Gasteiger partial charge in [0, 0.05) is 26.7 Å². The van der Waals surface area contributed by atoms with Gasteiger partial charge in [-0.05, 0) is 31.4 Å². The summed E-state index contributed by atoms with van der Waals surface area (Å²) in [7, 11) is 1.60. The second kappa shape index (κ2) is 10.2. The van der Waals surface area contributed by atoms with Crippen molar-refractivity contribution in [3.8, 4) is 11.8 Å². The number of benzene rings is 1. The molecule has 0 aliphatic carbocycles. The summed E-state index contributed by atoms with van der Waals surface area (Å²) in [6.07, 6.45) is 3.26. The number of hydrogen-bond acceptors (Lipinski definition) is 5. The summed E-state index contributed by atoms with van der Waals surface area (Å²) >= 11 is 0. The Kier molecular flexibility index (Phi) is 7.50. The summed E-state index contributed by atoms with van der Waals surface area (Å²) < 4.78 is 32.5. The molecule has 3 heterocycles. The van der Waals surface area contributed by atoms with Crippen molar-refractivity contribution in [2.75, 3.05) is 25.5 Å². The van der Waals surface area contributed by atoms with Crippen LogP contribution < -0.4 is 11.1 Å². The smallest absolute Gasteiger partial charge is 0.255 e. The van der Waals surface area contributed by atoms with Crippen LogP contribution in [0.4, 0.5) is 14.6 Å². The maximum atomic E-state index is 14.7. The topological polar surface area (TPSA) is 111 Å². The molecule has 1 aromatic carbocycles. The number of anilines is 1. The summed E-state index contributed by atoms with van der Waals surface area (Å²) in [5, 5.41) is 7.35. The molecule has 0 bridgehead atoms. The second-order valence-electron chi connectivity index (χ2n) is 7.76. The third-order valence-electron chi connectivity index (χ3n) is 5.83. The Morgan fingerprint density at radius 3 is 2.71 bits per heavy atom. The van der Waals surface area contributed by atoms with Crippen molar-refractivity contribution in [2.45, 2.75) is 25.9 Å². The van der Waals surface area contributed by atoms with Gasteiger partial charge < -0.3 is 20.5 Å². The number of carbonyl (C=O) groups is 2. The maximum absolute atomic E-state index is 14.7. The number of aromatic nitrogens is 4. The van der Waals surface area contributed by atoms with Crippen molar-refractivity contribution in [2.24, 2.45) is 5.73 Å². The third-order valence-corrected chi connectivity index (χ3v) is 5.83. The number of fused-ring (bicyclic) bond motifs is 1. The number of nitrogens with zero attached hydrogens (tertiary/aromatic N) is 5. The molecule has 0 unspecified atom stereocenters. The van der Waals surface area contributed by atoms with Gasteiger partial charge >= 0.3 is 0 Å². The predicted octanol–water partition coefficient (Wildman–Crippen LogP) is 2.14. The standard InChI is InChI=1S/C23H23F2N7O2.H2S/c1-4-17(33)31-9-8-14(11-31)32-23(27-3)18(22(26)34)15(29-32)7-6-13-10-16-21(20(25)19(13)24)30(5-2)12-28-16;/h4,10,12,14,27H,1,5,8-9,11H2,2-3H3,(H2,26,34);1H2/t14-;/m0./s1. The number of nitrogens with one attached hydrogen (secondary N) is 1. The lowest BCUT2D eigenvalue weighted by atomic mass is 10.1. The van der Waals surface area contributed by atoms with Crippen LogP contribution in [0, 0.1) is 23.5 Å². The summed E-state index contributed by atoms with van der Waals surface area (Å²) in [5.74, 6) is 2.44. The Morgan fingerprint density at radius 1 is 1.34 bits per heavy atom. The summed E-state index contributed by atoms with van der Waals surface area (Å²) in [6.45, 7) is 6.59. The SMILES string of the molecule is C=CC(=O)N1CC[C@H](n2nc(C#Cc3cc4ncn(CC)c4c(F)c3F)c(C(N)=O)c2NC)C1.S. The number of primary amides is 1. The highest BCUT2D eigenvalue weighted by Gasteiger charge is 2.31. The van der Waals surface area contributed by atoms with Gasteiger partial charge in [0.1, 0.15) is 16.9 Å². The first kappa shape index (κ1) is 25.8. The molecule has 1 aliphatic heterocycles. The molecule has 3 N–H and O–H groups in total. The predicted molar refractivity (Wildman–Crippen MR) is 132 cm³/mol. The molecule has 184 valence electrons. The molecule has 0 spiro atoms. The van der Waals surface area contributed by atoms with Crippen LogP contribution in [0.2, 0.25) is 0 Å². The lowest BCUT2D eigenvalue weighted by molar-refractivity contribution is -0.125. The molecule has 0 radical (unpaired) electrons. The second-order valence-corrected chi connectivity index (χ2v) is 7.76. The van der Waals surface area contributed by atoms with Crippen LogP contribution in [0.1, 0.15) is 41.0 Å². The Labute approximate surface area is 207 Å². The van der Waals surface area contributed by atoms with E-state index >= 15 is 0 Å². The monoisotopic (exact) mass is 501 g/mol. The van der Waals surface area contributed by atoms with Crippen molar-refractivity contribution in [3.63, 3.8) is 0 Å². The van der Waals surface area contributed by atoms with E-state index in [9.17, 15) is 18.4 Å². The molecular formula is C23H25F2N7O2S. The number of carbonyl (C=O) groups excluding carboxylic acids is 2. The van der Waals surface area contributed by atoms with Gasteiger partial charge in [0.2, 0.25) is 5.91 Å². The van der Waals surface area contributed by atoms with Crippen LogP contribution in [0.25, 0.3) is 11.0 Å². The van der Waals surface area contributed by atoms with Crippen molar-refractivity contribution in [1.29, 1.82) is 0 Å². The van der Waals surface area contributed by atoms with E-state index in [1.807, 2.05) is 0 Å². The van der Waals surface area contributed by atoms with Gasteiger partial charge in [-0.15, -0.1) is 0 Å². The van der Waals surface area contributed by atoms with Crippen LogP contribution in [-0.4, -0.2) is 56.2 Å². The fraction of sp³-hybridized carbons (Fsp3) is 0.304. The lowest BCUT2D eigenvalue weighted by Crippen LogP contribution is -2.27. The van der Waals surface area contributed by atoms with E-state index in [0.717, 1.165) is 0 Å². The first-order valence-corrected chi connectivity index (χ1v) is 10.7. The van der Waals surface area contributed by atoms with Crippen molar-refractivity contribution >= 4 is 42.2 Å². The number of likely N-dealkylation sites (tertiary alicyclic amines) is 1. The Morgan fingerprint density at radius 2 is 2.09 bits per heavy atom. The first-order valence-electron chi connectivity index (χ1n) is 10.7. The van der Waals surface area contributed by atoms with Crippen molar-refractivity contribution in [1.82, 2.24) is 24.2 Å². The fourth-order valence-corrected chi connectivity index (χ4v) is 4.15. The first-order chi connectivity index (χ1) is 16.3. The summed E-state index contributed by atoms with van der Waals surface area (Å²) in [4.78, 5) is 29.9. The zero-order chi connectivity index (χ0) is 24.6. The molecule has 2 aromatic heterocycles. The van der Waals surface area contributed by atoms with Gasteiger partial charge in [0.05, 0.1) is 23.4 Å². The zero-order valence-electron chi connectivity index (χ0n) is 19.2. The van der Waals surface area contributed by atoms with Crippen LogP contribution >= 0.6 is 13.5 Å². The minimum absolute atomic E-state index is 0. The third kappa shape index (κ3) is 4.46. The highest BCUT2D eigenvalue weighted by molar-refractivity contribution is 7.59. The van der Waals surface area contributed by atoms with Gasteiger partial charge in [-0.3, -0.25) is 9.59 Å². The number of imidazole rings is 1. The van der Waals surface area contributed by atoms with Crippen molar-refractivity contribution in [3.05, 3.63) is 53.5 Å². The highest BCUT2D eigenvalue weighted by Crippen LogP contribution is 2.29. The van der Waals surface area contributed by atoms with Gasteiger partial charge in [0.25, 0.3) is 5.91 Å². The molecule has 3 aromatic rings. The number of amides is 2. The van der Waals surface area contributed by atoms with E-state index < -0.39 is 17.5 Å². The normalized spacial score (nSPS) is 14.9. The molecule has 35 heavy (non-hydrogen) atoms. The Balaban J connectivity index is 0.00000342. The molecule has 2 amide bonds. The fourth-order valence-electron chi connectivity index (χ4n) is 4.15. The molecule has 1 atom stereocenters. The molecule has 12 heteroatoms. The molecular weight excluding hydrogens is 476 g/mol. The Bertz CT molecular complexity index is 1390. The number of hydrogen-bond donors (Lipinski definition) is 2. The van der Waals surface area contributed by atoms with Crippen LogP contribution in [0.3, 0.4) is 0 Å². The summed E-state index contributed by atoms with van der Waals surface area (Å²) in [6, 6.07) is 1.12. The molecule has 1 saturated heterocycles. The molecule has 0 saturated carbocycles. The lowest BCUT2D eigenvalue weighted by Gasteiger charge is -2.16. The summed E-state index contributed by atoms with van der Waals surface area (Å²) in [5.41, 5.74) is 5.74. The molecule has 1 fully saturated rings. The van der Waals surface area contributed by atoms with Gasteiger partial charge in [0.15, 0.2) is 17.3 Å². The maximum Gasteiger partial charge on any atom is 0.255 e. The average Bonchev–Trinajstić information content (AvgIpc) is 3.55. The van der Waals surface area contributed by atoms with Gasteiger partial charge in [-0.2, -0.15) is 18.6 Å². The highest BCUT2D eigenvalue weighted by atomic mass is 32.1.